The molecule has 0 saturated carbocycles. The topological polar surface area (TPSA) is 38.1 Å². The maximum absolute atomic E-state index is 9.87. The smallest absolute Gasteiger partial charge is 0.233 e. The summed E-state index contributed by atoms with van der Waals surface area (Å²) in [6.45, 7) is 10.2. The highest BCUT2D eigenvalue weighted by Gasteiger charge is 2.23. The SMILES string of the molecule is Cc1ccc(-c2c(C)c(O)nn2C(C)(C)C)cc1. The maximum atomic E-state index is 9.87. The summed E-state index contributed by atoms with van der Waals surface area (Å²) in [5.74, 6) is 0.112. The molecule has 0 bridgehead atoms. The number of aromatic nitrogens is 2. The first kappa shape index (κ1) is 12.7. The minimum Gasteiger partial charge on any atom is -0.492 e. The lowest BCUT2D eigenvalue weighted by molar-refractivity contribution is 0.341. The number of rotatable bonds is 1. The summed E-state index contributed by atoms with van der Waals surface area (Å²) < 4.78 is 1.89. The fourth-order valence-corrected chi connectivity index (χ4v) is 2.02. The van der Waals surface area contributed by atoms with E-state index >= 15 is 0 Å². The number of hydrogen-bond donors (Lipinski definition) is 1. The summed E-state index contributed by atoms with van der Waals surface area (Å²) in [7, 11) is 0. The fraction of sp³-hybridized carbons (Fsp3) is 0.400. The third kappa shape index (κ3) is 2.13. The monoisotopic (exact) mass is 244 g/mol. The van der Waals surface area contributed by atoms with Crippen LogP contribution < -0.4 is 0 Å². The third-order valence-electron chi connectivity index (χ3n) is 3.06. The fourth-order valence-electron chi connectivity index (χ4n) is 2.02. The number of aromatic hydroxyl groups is 1. The van der Waals surface area contributed by atoms with Crippen LogP contribution >= 0.6 is 0 Å². The van der Waals surface area contributed by atoms with Crippen molar-refractivity contribution in [1.82, 2.24) is 9.78 Å². The van der Waals surface area contributed by atoms with Crippen molar-refractivity contribution in [2.24, 2.45) is 0 Å². The van der Waals surface area contributed by atoms with Crippen LogP contribution in [0.5, 0.6) is 5.88 Å². The van der Waals surface area contributed by atoms with Gasteiger partial charge >= 0.3 is 0 Å². The highest BCUT2D eigenvalue weighted by Crippen LogP contribution is 2.33. The van der Waals surface area contributed by atoms with Gasteiger partial charge in [0.15, 0.2) is 0 Å². The van der Waals surface area contributed by atoms with Gasteiger partial charge in [0, 0.05) is 11.1 Å². The largest absolute Gasteiger partial charge is 0.492 e. The predicted octanol–water partition coefficient (Wildman–Crippen LogP) is 3.63. The standard InChI is InChI=1S/C15H20N2O/c1-10-6-8-12(9-7-10)13-11(2)14(18)16-17(13)15(3,4)5/h6-9H,1-5H3,(H,16,18). The Morgan fingerprint density at radius 1 is 1.06 bits per heavy atom. The molecule has 1 aromatic heterocycles. The van der Waals surface area contributed by atoms with Gasteiger partial charge in [0.25, 0.3) is 0 Å². The van der Waals surface area contributed by atoms with Gasteiger partial charge in [0.2, 0.25) is 5.88 Å². The second-order valence-electron chi connectivity index (χ2n) is 5.75. The molecule has 96 valence electrons. The molecule has 0 atom stereocenters. The molecule has 2 rings (SSSR count). The van der Waals surface area contributed by atoms with E-state index in [-0.39, 0.29) is 11.4 Å². The molecule has 0 aliphatic heterocycles. The Labute approximate surface area is 108 Å². The molecule has 1 N–H and O–H groups in total. The van der Waals surface area contributed by atoms with E-state index in [4.69, 9.17) is 0 Å². The van der Waals surface area contributed by atoms with Gasteiger partial charge in [-0.1, -0.05) is 29.8 Å². The summed E-state index contributed by atoms with van der Waals surface area (Å²) in [6, 6.07) is 8.29. The molecule has 2 aromatic rings. The molecule has 0 spiro atoms. The first-order chi connectivity index (χ1) is 8.30. The molecular weight excluding hydrogens is 224 g/mol. The predicted molar refractivity (Wildman–Crippen MR) is 73.8 cm³/mol. The highest BCUT2D eigenvalue weighted by atomic mass is 16.3. The van der Waals surface area contributed by atoms with Crippen molar-refractivity contribution in [2.75, 3.05) is 0 Å². The minimum absolute atomic E-state index is 0.112. The molecule has 0 aliphatic rings. The molecule has 0 aliphatic carbocycles. The van der Waals surface area contributed by atoms with Crippen molar-refractivity contribution in [3.05, 3.63) is 35.4 Å². The van der Waals surface area contributed by atoms with Gasteiger partial charge in [-0.3, -0.25) is 4.68 Å². The normalized spacial score (nSPS) is 11.8. The molecule has 1 aromatic carbocycles. The van der Waals surface area contributed by atoms with Gasteiger partial charge in [0.05, 0.1) is 11.2 Å². The lowest BCUT2D eigenvalue weighted by Crippen LogP contribution is -2.24. The molecular formula is C15H20N2O. The van der Waals surface area contributed by atoms with Crippen molar-refractivity contribution < 1.29 is 5.11 Å². The van der Waals surface area contributed by atoms with Gasteiger partial charge in [0.1, 0.15) is 0 Å². The van der Waals surface area contributed by atoms with Gasteiger partial charge in [-0.15, -0.1) is 5.10 Å². The summed E-state index contributed by atoms with van der Waals surface area (Å²) in [5, 5.41) is 14.1. The van der Waals surface area contributed by atoms with Gasteiger partial charge in [-0.25, -0.2) is 0 Å². The zero-order chi connectivity index (χ0) is 13.5. The quantitative estimate of drug-likeness (QED) is 0.832. The Bertz CT molecular complexity index is 559. The Hall–Kier alpha value is -1.77. The van der Waals surface area contributed by atoms with Crippen molar-refractivity contribution in [3.8, 4) is 17.1 Å². The first-order valence-corrected chi connectivity index (χ1v) is 6.17. The number of aryl methyl sites for hydroxylation is 1. The Kier molecular flexibility index (Phi) is 2.93. The van der Waals surface area contributed by atoms with E-state index in [1.807, 2.05) is 11.6 Å². The average Bonchev–Trinajstić information content (AvgIpc) is 2.57. The molecule has 1 heterocycles. The van der Waals surface area contributed by atoms with Crippen LogP contribution in [-0.2, 0) is 5.54 Å². The summed E-state index contributed by atoms with van der Waals surface area (Å²) in [4.78, 5) is 0. The van der Waals surface area contributed by atoms with E-state index in [0.29, 0.717) is 0 Å². The van der Waals surface area contributed by atoms with Crippen molar-refractivity contribution >= 4 is 0 Å². The molecule has 0 saturated heterocycles. The maximum Gasteiger partial charge on any atom is 0.233 e. The van der Waals surface area contributed by atoms with E-state index in [0.717, 1.165) is 16.8 Å². The Balaban J connectivity index is 2.66. The molecule has 18 heavy (non-hydrogen) atoms. The van der Waals surface area contributed by atoms with Crippen LogP contribution in [0.25, 0.3) is 11.3 Å². The van der Waals surface area contributed by atoms with E-state index in [1.54, 1.807) is 0 Å². The average molecular weight is 244 g/mol. The molecule has 0 amide bonds. The van der Waals surface area contributed by atoms with Crippen LogP contribution in [0, 0.1) is 13.8 Å². The second kappa shape index (κ2) is 4.16. The highest BCUT2D eigenvalue weighted by molar-refractivity contribution is 5.66. The van der Waals surface area contributed by atoms with Crippen LogP contribution in [0.1, 0.15) is 31.9 Å². The Morgan fingerprint density at radius 3 is 2.11 bits per heavy atom. The second-order valence-corrected chi connectivity index (χ2v) is 5.75. The zero-order valence-corrected chi connectivity index (χ0v) is 11.7. The van der Waals surface area contributed by atoms with E-state index in [1.165, 1.54) is 5.56 Å². The van der Waals surface area contributed by atoms with Gasteiger partial charge < -0.3 is 5.11 Å². The number of benzene rings is 1. The van der Waals surface area contributed by atoms with Crippen molar-refractivity contribution in [3.63, 3.8) is 0 Å². The van der Waals surface area contributed by atoms with Crippen LogP contribution in [0.2, 0.25) is 0 Å². The van der Waals surface area contributed by atoms with E-state index in [9.17, 15) is 5.11 Å². The lowest BCUT2D eigenvalue weighted by Gasteiger charge is -2.22. The molecule has 0 radical (unpaired) electrons. The lowest BCUT2D eigenvalue weighted by atomic mass is 10.0. The number of hydrogen-bond acceptors (Lipinski definition) is 2. The van der Waals surface area contributed by atoms with Crippen LogP contribution in [-0.4, -0.2) is 14.9 Å². The van der Waals surface area contributed by atoms with Crippen LogP contribution in [0.15, 0.2) is 24.3 Å². The number of nitrogens with zero attached hydrogens (tertiary/aromatic N) is 2. The summed E-state index contributed by atoms with van der Waals surface area (Å²) in [5.41, 5.74) is 3.96. The molecule has 3 heteroatoms. The molecule has 0 fully saturated rings. The molecule has 0 unspecified atom stereocenters. The van der Waals surface area contributed by atoms with Crippen molar-refractivity contribution in [2.45, 2.75) is 40.2 Å². The summed E-state index contributed by atoms with van der Waals surface area (Å²) >= 11 is 0. The van der Waals surface area contributed by atoms with E-state index < -0.39 is 0 Å². The van der Waals surface area contributed by atoms with Crippen molar-refractivity contribution in [1.29, 1.82) is 0 Å². The van der Waals surface area contributed by atoms with Gasteiger partial charge in [-0.2, -0.15) is 0 Å². The van der Waals surface area contributed by atoms with Crippen LogP contribution in [0.4, 0.5) is 0 Å². The first-order valence-electron chi connectivity index (χ1n) is 6.17. The minimum atomic E-state index is -0.161. The third-order valence-corrected chi connectivity index (χ3v) is 3.06. The zero-order valence-electron chi connectivity index (χ0n) is 11.7. The van der Waals surface area contributed by atoms with E-state index in [2.05, 4.69) is 57.1 Å². The summed E-state index contributed by atoms with van der Waals surface area (Å²) in [6.07, 6.45) is 0. The Morgan fingerprint density at radius 2 is 1.61 bits per heavy atom. The van der Waals surface area contributed by atoms with Gasteiger partial charge in [-0.05, 0) is 34.6 Å². The van der Waals surface area contributed by atoms with Crippen LogP contribution in [0.3, 0.4) is 0 Å². The molecule has 3 nitrogen and oxygen atoms in total.